The minimum Gasteiger partial charge on any atom is -0.461 e. The van der Waals surface area contributed by atoms with Crippen LogP contribution in [0.2, 0.25) is 0 Å². The number of rotatable bonds is 6. The van der Waals surface area contributed by atoms with Crippen LogP contribution in [0.3, 0.4) is 0 Å². The lowest BCUT2D eigenvalue weighted by atomic mass is 10.1. The molecule has 0 spiro atoms. The van der Waals surface area contributed by atoms with Gasteiger partial charge in [-0.05, 0) is 25.0 Å². The van der Waals surface area contributed by atoms with Crippen molar-refractivity contribution >= 4 is 22.8 Å². The third kappa shape index (κ3) is 3.48. The molecule has 118 valence electrons. The van der Waals surface area contributed by atoms with Crippen molar-refractivity contribution in [1.82, 2.24) is 15.0 Å². The summed E-state index contributed by atoms with van der Waals surface area (Å²) in [6, 6.07) is 11.9. The van der Waals surface area contributed by atoms with E-state index in [0.717, 1.165) is 18.4 Å². The monoisotopic (exact) mass is 310 g/mol. The predicted octanol–water partition coefficient (Wildman–Crippen LogP) is 2.79. The van der Waals surface area contributed by atoms with E-state index < -0.39 is 0 Å². The van der Waals surface area contributed by atoms with E-state index in [1.54, 1.807) is 13.0 Å². The Balaban J connectivity index is 1.74. The molecule has 6 nitrogen and oxygen atoms in total. The van der Waals surface area contributed by atoms with Crippen molar-refractivity contribution in [2.24, 2.45) is 0 Å². The molecule has 0 atom stereocenters. The Kier molecular flexibility index (Phi) is 4.52. The molecule has 6 heteroatoms. The van der Waals surface area contributed by atoms with E-state index in [-0.39, 0.29) is 5.97 Å². The number of fused-ring (bicyclic) bond motifs is 1. The number of H-pyrrole nitrogens is 1. The zero-order valence-corrected chi connectivity index (χ0v) is 12.9. The Morgan fingerprint density at radius 1 is 1.26 bits per heavy atom. The molecular weight excluding hydrogens is 292 g/mol. The van der Waals surface area contributed by atoms with Gasteiger partial charge in [-0.25, -0.2) is 14.8 Å². The van der Waals surface area contributed by atoms with Crippen molar-refractivity contribution < 1.29 is 9.53 Å². The molecule has 0 aliphatic rings. The van der Waals surface area contributed by atoms with Gasteiger partial charge in [0, 0.05) is 6.54 Å². The second-order valence-corrected chi connectivity index (χ2v) is 5.05. The maximum Gasteiger partial charge on any atom is 0.354 e. The van der Waals surface area contributed by atoms with Gasteiger partial charge in [0.05, 0.1) is 12.0 Å². The normalized spacial score (nSPS) is 10.7. The van der Waals surface area contributed by atoms with E-state index in [1.165, 1.54) is 11.9 Å². The predicted molar refractivity (Wildman–Crippen MR) is 88.5 cm³/mol. The molecule has 0 fully saturated rings. The summed E-state index contributed by atoms with van der Waals surface area (Å²) in [5.41, 5.74) is 2.25. The number of hydrogen-bond acceptors (Lipinski definition) is 5. The van der Waals surface area contributed by atoms with Gasteiger partial charge < -0.3 is 15.0 Å². The number of carbonyl (C=O) groups is 1. The van der Waals surface area contributed by atoms with Crippen molar-refractivity contribution in [1.29, 1.82) is 0 Å². The summed E-state index contributed by atoms with van der Waals surface area (Å²) in [4.78, 5) is 23.2. The van der Waals surface area contributed by atoms with E-state index >= 15 is 0 Å². The maximum absolute atomic E-state index is 11.8. The van der Waals surface area contributed by atoms with Gasteiger partial charge in [-0.3, -0.25) is 0 Å². The lowest BCUT2D eigenvalue weighted by Gasteiger charge is -2.06. The number of aromatic nitrogens is 3. The van der Waals surface area contributed by atoms with Crippen LogP contribution in [0.25, 0.3) is 11.0 Å². The highest BCUT2D eigenvalue weighted by atomic mass is 16.5. The lowest BCUT2D eigenvalue weighted by Crippen LogP contribution is -2.06. The Morgan fingerprint density at radius 3 is 2.87 bits per heavy atom. The highest BCUT2D eigenvalue weighted by molar-refractivity contribution is 5.97. The summed E-state index contributed by atoms with van der Waals surface area (Å²) in [7, 11) is 0. The molecule has 23 heavy (non-hydrogen) atoms. The molecule has 2 aromatic heterocycles. The van der Waals surface area contributed by atoms with Crippen molar-refractivity contribution in [3.8, 4) is 0 Å². The Hall–Kier alpha value is -2.89. The van der Waals surface area contributed by atoms with Crippen LogP contribution in [0.1, 0.15) is 23.0 Å². The standard InChI is InChI=1S/C17H18N4O2/c1-2-23-17(22)14-10-13-15(19-11-20-16(13)21-14)18-9-8-12-6-4-3-5-7-12/h3-7,10-11H,2,8-9H2,1H3,(H2,18,19,20,21). The summed E-state index contributed by atoms with van der Waals surface area (Å²) < 4.78 is 5.00. The fraction of sp³-hybridized carbons (Fsp3) is 0.235. The smallest absolute Gasteiger partial charge is 0.354 e. The number of aromatic amines is 1. The first-order valence-corrected chi connectivity index (χ1v) is 7.56. The number of esters is 1. The summed E-state index contributed by atoms with van der Waals surface area (Å²) >= 11 is 0. The molecule has 0 saturated heterocycles. The van der Waals surface area contributed by atoms with Crippen LogP contribution in [0.15, 0.2) is 42.7 Å². The van der Waals surface area contributed by atoms with E-state index in [4.69, 9.17) is 4.74 Å². The summed E-state index contributed by atoms with van der Waals surface area (Å²) in [5, 5.41) is 4.08. The molecule has 2 heterocycles. The Labute approximate surface area is 133 Å². The molecule has 3 rings (SSSR count). The molecule has 0 saturated carbocycles. The van der Waals surface area contributed by atoms with E-state index in [2.05, 4.69) is 32.4 Å². The van der Waals surface area contributed by atoms with E-state index in [0.29, 0.717) is 23.8 Å². The highest BCUT2D eigenvalue weighted by Crippen LogP contribution is 2.20. The largest absolute Gasteiger partial charge is 0.461 e. The SMILES string of the molecule is CCOC(=O)c1cc2c(NCCc3ccccc3)ncnc2[nH]1. The second kappa shape index (κ2) is 6.91. The van der Waals surface area contributed by atoms with Crippen LogP contribution in [0, 0.1) is 0 Å². The lowest BCUT2D eigenvalue weighted by molar-refractivity contribution is 0.0520. The fourth-order valence-corrected chi connectivity index (χ4v) is 2.37. The Morgan fingerprint density at radius 2 is 2.09 bits per heavy atom. The first-order chi connectivity index (χ1) is 11.3. The average molecular weight is 310 g/mol. The number of carbonyl (C=O) groups excluding carboxylic acids is 1. The van der Waals surface area contributed by atoms with Crippen molar-refractivity contribution in [2.45, 2.75) is 13.3 Å². The van der Waals surface area contributed by atoms with Crippen LogP contribution < -0.4 is 5.32 Å². The maximum atomic E-state index is 11.8. The Bertz CT molecular complexity index is 799. The van der Waals surface area contributed by atoms with Crippen LogP contribution >= 0.6 is 0 Å². The molecule has 0 aliphatic carbocycles. The van der Waals surface area contributed by atoms with Crippen molar-refractivity contribution in [2.75, 3.05) is 18.5 Å². The number of benzene rings is 1. The minimum atomic E-state index is -0.388. The molecule has 0 radical (unpaired) electrons. The second-order valence-electron chi connectivity index (χ2n) is 5.05. The van der Waals surface area contributed by atoms with Gasteiger partial charge in [0.1, 0.15) is 23.5 Å². The van der Waals surface area contributed by atoms with Crippen molar-refractivity contribution in [3.63, 3.8) is 0 Å². The molecule has 3 aromatic rings. The van der Waals surface area contributed by atoms with Gasteiger partial charge in [-0.1, -0.05) is 30.3 Å². The van der Waals surface area contributed by atoms with Crippen molar-refractivity contribution in [3.05, 3.63) is 54.0 Å². The van der Waals surface area contributed by atoms with Crippen LogP contribution in [0.4, 0.5) is 5.82 Å². The first kappa shape index (κ1) is 15.0. The molecular formula is C17H18N4O2. The van der Waals surface area contributed by atoms with Crippen LogP contribution in [-0.2, 0) is 11.2 Å². The number of hydrogen-bond donors (Lipinski definition) is 2. The molecule has 0 amide bonds. The number of nitrogens with one attached hydrogen (secondary N) is 2. The minimum absolute atomic E-state index is 0.335. The summed E-state index contributed by atoms with van der Waals surface area (Å²) in [5.74, 6) is 0.318. The molecule has 0 unspecified atom stereocenters. The average Bonchev–Trinajstić information content (AvgIpc) is 3.01. The van der Waals surface area contributed by atoms with Gasteiger partial charge in [-0.15, -0.1) is 0 Å². The first-order valence-electron chi connectivity index (χ1n) is 7.56. The van der Waals surface area contributed by atoms with E-state index in [9.17, 15) is 4.79 Å². The van der Waals surface area contributed by atoms with Gasteiger partial charge in [0.2, 0.25) is 0 Å². The third-order valence-corrected chi connectivity index (χ3v) is 3.47. The molecule has 2 N–H and O–H groups in total. The quantitative estimate of drug-likeness (QED) is 0.684. The number of ether oxygens (including phenoxy) is 1. The van der Waals surface area contributed by atoms with Crippen LogP contribution in [0.5, 0.6) is 0 Å². The number of anilines is 1. The summed E-state index contributed by atoms with van der Waals surface area (Å²) in [6.07, 6.45) is 2.36. The number of nitrogens with zero attached hydrogens (tertiary/aromatic N) is 2. The van der Waals surface area contributed by atoms with E-state index in [1.807, 2.05) is 18.2 Å². The molecule has 0 bridgehead atoms. The van der Waals surface area contributed by atoms with Gasteiger partial charge in [-0.2, -0.15) is 0 Å². The van der Waals surface area contributed by atoms with Gasteiger partial charge in [0.25, 0.3) is 0 Å². The van der Waals surface area contributed by atoms with Gasteiger partial charge in [0.15, 0.2) is 0 Å². The van der Waals surface area contributed by atoms with Gasteiger partial charge >= 0.3 is 5.97 Å². The fourth-order valence-electron chi connectivity index (χ4n) is 2.37. The zero-order chi connectivity index (χ0) is 16.1. The molecule has 0 aliphatic heterocycles. The zero-order valence-electron chi connectivity index (χ0n) is 12.9. The molecule has 1 aromatic carbocycles. The van der Waals surface area contributed by atoms with Crippen LogP contribution in [-0.4, -0.2) is 34.1 Å². The summed E-state index contributed by atoms with van der Waals surface area (Å²) in [6.45, 7) is 2.86. The third-order valence-electron chi connectivity index (χ3n) is 3.47. The highest BCUT2D eigenvalue weighted by Gasteiger charge is 2.13. The topological polar surface area (TPSA) is 79.9 Å².